The zero-order valence-electron chi connectivity index (χ0n) is 7.86. The average molecular weight is 199 g/mol. The van der Waals surface area contributed by atoms with Gasteiger partial charge in [-0.25, -0.2) is 4.79 Å². The summed E-state index contributed by atoms with van der Waals surface area (Å²) in [7, 11) is 0. The second kappa shape index (κ2) is 3.81. The molecule has 1 rings (SSSR count). The largest absolute Gasteiger partial charge is 0.478 e. The van der Waals surface area contributed by atoms with Gasteiger partial charge in [0.05, 0.1) is 6.26 Å². The fourth-order valence-corrected chi connectivity index (χ4v) is 1.24. The minimum absolute atomic E-state index is 0.0231. The van der Waals surface area contributed by atoms with Crippen LogP contribution in [0.5, 0.6) is 0 Å². The van der Waals surface area contributed by atoms with Crippen LogP contribution in [-0.4, -0.2) is 22.7 Å². The van der Waals surface area contributed by atoms with Crippen LogP contribution in [0.25, 0.3) is 0 Å². The van der Waals surface area contributed by atoms with Crippen molar-refractivity contribution in [3.05, 3.63) is 23.7 Å². The molecule has 14 heavy (non-hydrogen) atoms. The van der Waals surface area contributed by atoms with E-state index in [1.165, 1.54) is 12.3 Å². The van der Waals surface area contributed by atoms with Gasteiger partial charge in [-0.3, -0.25) is 0 Å². The fraction of sp³-hybridized carbons (Fsp3) is 0.444. The molecule has 0 spiro atoms. The first-order valence-electron chi connectivity index (χ1n) is 4.29. The third-order valence-electron chi connectivity index (χ3n) is 2.24. The molecule has 0 fully saturated rings. The van der Waals surface area contributed by atoms with E-state index in [0.29, 0.717) is 6.42 Å². The summed E-state index contributed by atoms with van der Waals surface area (Å²) in [6.45, 7) is 1.64. The second-order valence-corrected chi connectivity index (χ2v) is 3.06. The SMILES string of the molecule is CCC(O)(CN)c1occc1C(=O)O. The van der Waals surface area contributed by atoms with Crippen LogP contribution in [-0.2, 0) is 5.60 Å². The zero-order chi connectivity index (χ0) is 10.8. The van der Waals surface area contributed by atoms with Crippen molar-refractivity contribution in [1.82, 2.24) is 0 Å². The summed E-state index contributed by atoms with van der Waals surface area (Å²) in [4.78, 5) is 10.7. The van der Waals surface area contributed by atoms with Crippen LogP contribution in [0.15, 0.2) is 16.7 Å². The topological polar surface area (TPSA) is 96.7 Å². The van der Waals surface area contributed by atoms with Crippen molar-refractivity contribution in [3.63, 3.8) is 0 Å². The molecule has 1 aromatic rings. The maximum atomic E-state index is 10.7. The number of carboxylic acid groups (broad SMARTS) is 1. The summed E-state index contributed by atoms with van der Waals surface area (Å²) in [5.41, 5.74) is 3.94. The fourth-order valence-electron chi connectivity index (χ4n) is 1.24. The molecule has 0 aliphatic carbocycles. The van der Waals surface area contributed by atoms with Crippen LogP contribution in [0.3, 0.4) is 0 Å². The maximum Gasteiger partial charge on any atom is 0.339 e. The Morgan fingerprint density at radius 3 is 2.79 bits per heavy atom. The Balaban J connectivity index is 3.17. The van der Waals surface area contributed by atoms with Crippen molar-refractivity contribution >= 4 is 5.97 Å². The lowest BCUT2D eigenvalue weighted by molar-refractivity contribution is 0.0174. The highest BCUT2D eigenvalue weighted by Crippen LogP contribution is 2.27. The van der Waals surface area contributed by atoms with Crippen LogP contribution >= 0.6 is 0 Å². The molecule has 0 aromatic carbocycles. The molecule has 78 valence electrons. The Labute approximate surface area is 81.1 Å². The molecule has 0 saturated heterocycles. The number of aliphatic hydroxyl groups is 1. The number of nitrogens with two attached hydrogens (primary N) is 1. The third-order valence-corrected chi connectivity index (χ3v) is 2.24. The normalized spacial score (nSPS) is 15.1. The second-order valence-electron chi connectivity index (χ2n) is 3.06. The van der Waals surface area contributed by atoms with E-state index in [0.717, 1.165) is 0 Å². The summed E-state index contributed by atoms with van der Waals surface area (Å²) >= 11 is 0. The first-order chi connectivity index (χ1) is 6.55. The molecule has 0 amide bonds. The maximum absolute atomic E-state index is 10.7. The van der Waals surface area contributed by atoms with E-state index in [9.17, 15) is 9.90 Å². The zero-order valence-corrected chi connectivity index (χ0v) is 7.86. The van der Waals surface area contributed by atoms with Crippen LogP contribution in [0, 0.1) is 0 Å². The monoisotopic (exact) mass is 199 g/mol. The minimum Gasteiger partial charge on any atom is -0.478 e. The van der Waals surface area contributed by atoms with Gasteiger partial charge >= 0.3 is 5.97 Å². The summed E-state index contributed by atoms with van der Waals surface area (Å²) in [6.07, 6.45) is 1.53. The molecule has 1 unspecified atom stereocenters. The van der Waals surface area contributed by atoms with E-state index in [1.807, 2.05) is 0 Å². The van der Waals surface area contributed by atoms with E-state index in [1.54, 1.807) is 6.92 Å². The summed E-state index contributed by atoms with van der Waals surface area (Å²) in [5.74, 6) is -1.11. The predicted octanol–water partition coefficient (Wildman–Crippen LogP) is 0.534. The van der Waals surface area contributed by atoms with Gasteiger partial charge in [-0.05, 0) is 12.5 Å². The minimum atomic E-state index is -1.39. The highest BCUT2D eigenvalue weighted by Gasteiger charge is 2.33. The average Bonchev–Trinajstić information content (AvgIpc) is 2.65. The predicted molar refractivity (Wildman–Crippen MR) is 48.9 cm³/mol. The van der Waals surface area contributed by atoms with E-state index in [2.05, 4.69) is 0 Å². The highest BCUT2D eigenvalue weighted by molar-refractivity contribution is 5.89. The van der Waals surface area contributed by atoms with Crippen molar-refractivity contribution in [3.8, 4) is 0 Å². The van der Waals surface area contributed by atoms with Gasteiger partial charge in [0.2, 0.25) is 0 Å². The van der Waals surface area contributed by atoms with Gasteiger partial charge in [0, 0.05) is 6.54 Å². The van der Waals surface area contributed by atoms with Gasteiger partial charge in [-0.15, -0.1) is 0 Å². The molecular weight excluding hydrogens is 186 g/mol. The Kier molecular flexibility index (Phi) is 2.93. The summed E-state index contributed by atoms with van der Waals surface area (Å²) < 4.78 is 4.96. The van der Waals surface area contributed by atoms with Gasteiger partial charge in [0.15, 0.2) is 5.76 Å². The molecule has 0 aliphatic heterocycles. The molecule has 0 bridgehead atoms. The van der Waals surface area contributed by atoms with E-state index in [-0.39, 0.29) is 17.9 Å². The van der Waals surface area contributed by atoms with Gasteiger partial charge in [0.1, 0.15) is 11.2 Å². The molecule has 1 aromatic heterocycles. The molecule has 5 heteroatoms. The Bertz CT molecular complexity index is 327. The number of carboxylic acids is 1. The van der Waals surface area contributed by atoms with Crippen LogP contribution in [0.1, 0.15) is 29.5 Å². The first kappa shape index (κ1) is 10.7. The van der Waals surface area contributed by atoms with Crippen LogP contribution in [0.4, 0.5) is 0 Å². The number of carbonyl (C=O) groups is 1. The Hall–Kier alpha value is -1.33. The highest BCUT2D eigenvalue weighted by atomic mass is 16.4. The van der Waals surface area contributed by atoms with Crippen molar-refractivity contribution in [2.24, 2.45) is 5.73 Å². The van der Waals surface area contributed by atoms with Gasteiger partial charge in [-0.2, -0.15) is 0 Å². The molecular formula is C9H13NO4. The smallest absolute Gasteiger partial charge is 0.339 e. The molecule has 4 N–H and O–H groups in total. The number of rotatable bonds is 4. The quantitative estimate of drug-likeness (QED) is 0.657. The summed E-state index contributed by atoms with van der Waals surface area (Å²) in [6, 6.07) is 1.30. The van der Waals surface area contributed by atoms with Crippen LogP contribution in [0.2, 0.25) is 0 Å². The molecule has 1 atom stereocenters. The van der Waals surface area contributed by atoms with Gasteiger partial charge in [0.25, 0.3) is 0 Å². The lowest BCUT2D eigenvalue weighted by atomic mass is 9.95. The number of hydrogen-bond donors (Lipinski definition) is 3. The number of furan rings is 1. The van der Waals surface area contributed by atoms with E-state index in [4.69, 9.17) is 15.3 Å². The third kappa shape index (κ3) is 1.64. The van der Waals surface area contributed by atoms with E-state index >= 15 is 0 Å². The number of aromatic carboxylic acids is 1. The van der Waals surface area contributed by atoms with Gasteiger partial charge < -0.3 is 20.4 Å². The van der Waals surface area contributed by atoms with Crippen molar-refractivity contribution < 1.29 is 19.4 Å². The molecule has 0 saturated carbocycles. The standard InChI is InChI=1S/C9H13NO4/c1-2-9(13,5-10)7-6(8(11)12)3-4-14-7/h3-4,13H,2,5,10H2,1H3,(H,11,12). The molecule has 1 heterocycles. The van der Waals surface area contributed by atoms with Gasteiger partial charge in [-0.1, -0.05) is 6.92 Å². The lowest BCUT2D eigenvalue weighted by Crippen LogP contribution is -2.35. The number of hydrogen-bond acceptors (Lipinski definition) is 4. The lowest BCUT2D eigenvalue weighted by Gasteiger charge is -2.22. The Morgan fingerprint density at radius 2 is 2.36 bits per heavy atom. The Morgan fingerprint density at radius 1 is 1.71 bits per heavy atom. The van der Waals surface area contributed by atoms with Crippen molar-refractivity contribution in [2.45, 2.75) is 18.9 Å². The molecule has 5 nitrogen and oxygen atoms in total. The molecule has 0 aliphatic rings. The van der Waals surface area contributed by atoms with E-state index < -0.39 is 11.6 Å². The molecule has 0 radical (unpaired) electrons. The summed E-state index contributed by atoms with van der Waals surface area (Å²) in [5, 5.41) is 18.7. The van der Waals surface area contributed by atoms with Crippen molar-refractivity contribution in [1.29, 1.82) is 0 Å². The first-order valence-corrected chi connectivity index (χ1v) is 4.29. The van der Waals surface area contributed by atoms with Crippen molar-refractivity contribution in [2.75, 3.05) is 6.54 Å². The van der Waals surface area contributed by atoms with Crippen LogP contribution < -0.4 is 5.73 Å².